The molecule has 0 bridgehead atoms. The van der Waals surface area contributed by atoms with Crippen molar-refractivity contribution in [3.63, 3.8) is 0 Å². The predicted molar refractivity (Wildman–Crippen MR) is 110 cm³/mol. The molecule has 0 atom stereocenters. The van der Waals surface area contributed by atoms with Crippen LogP contribution < -0.4 is 5.01 Å². The summed E-state index contributed by atoms with van der Waals surface area (Å²) in [5.41, 5.74) is 5.65. The fraction of sp³-hybridized carbons (Fsp3) is 0.0870. The number of anilines is 2. The van der Waals surface area contributed by atoms with Crippen LogP contribution in [-0.2, 0) is 7.05 Å². The Morgan fingerprint density at radius 3 is 1.92 bits per heavy atom. The molecule has 3 nitrogen and oxygen atoms in total. The molecule has 1 aromatic heterocycles. The Bertz CT molecular complexity index is 1010. The smallest absolute Gasteiger partial charge is 0.0652 e. The van der Waals surface area contributed by atoms with E-state index >= 15 is 0 Å². The Morgan fingerprint density at radius 2 is 1.31 bits per heavy atom. The number of hydrazone groups is 1. The summed E-state index contributed by atoms with van der Waals surface area (Å²) in [6, 6.07) is 28.9. The van der Waals surface area contributed by atoms with Crippen molar-refractivity contribution in [1.29, 1.82) is 0 Å². The van der Waals surface area contributed by atoms with Gasteiger partial charge in [-0.25, -0.2) is 5.01 Å². The Kier molecular flexibility index (Phi) is 4.28. The number of aromatic nitrogens is 1. The third kappa shape index (κ3) is 2.88. The van der Waals surface area contributed by atoms with Crippen LogP contribution in [0, 0.1) is 6.92 Å². The zero-order valence-electron chi connectivity index (χ0n) is 15.0. The van der Waals surface area contributed by atoms with E-state index in [2.05, 4.69) is 67.1 Å². The van der Waals surface area contributed by atoms with E-state index in [0.717, 1.165) is 16.9 Å². The van der Waals surface area contributed by atoms with E-state index < -0.39 is 0 Å². The second kappa shape index (κ2) is 6.89. The van der Waals surface area contributed by atoms with E-state index in [1.165, 1.54) is 16.6 Å². The van der Waals surface area contributed by atoms with Crippen molar-refractivity contribution in [2.24, 2.45) is 12.1 Å². The molecule has 0 amide bonds. The SMILES string of the molecule is Cc1c(/C=N\N(c2ccccc2)c2ccccc2)c2ccccc2n1C. The molecule has 0 aliphatic carbocycles. The molecule has 0 aliphatic rings. The quantitative estimate of drug-likeness (QED) is 0.347. The van der Waals surface area contributed by atoms with Crippen LogP contribution >= 0.6 is 0 Å². The first-order valence-electron chi connectivity index (χ1n) is 8.74. The second-order valence-corrected chi connectivity index (χ2v) is 6.30. The lowest BCUT2D eigenvalue weighted by Crippen LogP contribution is -2.09. The Labute approximate surface area is 153 Å². The molecule has 4 rings (SSSR count). The number of rotatable bonds is 4. The molecule has 0 saturated carbocycles. The first-order chi connectivity index (χ1) is 12.8. The average Bonchev–Trinajstić information content (AvgIpc) is 2.95. The van der Waals surface area contributed by atoms with Crippen LogP contribution in [0.3, 0.4) is 0 Å². The molecular formula is C23H21N3. The monoisotopic (exact) mass is 339 g/mol. The Morgan fingerprint density at radius 1 is 0.769 bits per heavy atom. The zero-order chi connectivity index (χ0) is 17.9. The molecule has 0 saturated heterocycles. The van der Waals surface area contributed by atoms with Crippen LogP contribution in [0.2, 0.25) is 0 Å². The van der Waals surface area contributed by atoms with Gasteiger partial charge in [0.2, 0.25) is 0 Å². The van der Waals surface area contributed by atoms with E-state index in [4.69, 9.17) is 5.10 Å². The molecule has 0 spiro atoms. The van der Waals surface area contributed by atoms with Gasteiger partial charge >= 0.3 is 0 Å². The molecule has 3 aromatic carbocycles. The highest BCUT2D eigenvalue weighted by molar-refractivity contribution is 6.01. The minimum Gasteiger partial charge on any atom is -0.347 e. The normalized spacial score (nSPS) is 11.3. The topological polar surface area (TPSA) is 20.5 Å². The van der Waals surface area contributed by atoms with Gasteiger partial charge in [0.05, 0.1) is 17.6 Å². The first kappa shape index (κ1) is 16.2. The fourth-order valence-corrected chi connectivity index (χ4v) is 3.25. The van der Waals surface area contributed by atoms with Gasteiger partial charge in [-0.15, -0.1) is 0 Å². The maximum absolute atomic E-state index is 4.85. The largest absolute Gasteiger partial charge is 0.347 e. The van der Waals surface area contributed by atoms with Gasteiger partial charge in [0, 0.05) is 29.2 Å². The number of benzene rings is 3. The third-order valence-corrected chi connectivity index (χ3v) is 4.75. The Balaban J connectivity index is 1.81. The van der Waals surface area contributed by atoms with Crippen LogP contribution in [0.4, 0.5) is 11.4 Å². The number of hydrogen-bond acceptors (Lipinski definition) is 2. The van der Waals surface area contributed by atoms with E-state index in [9.17, 15) is 0 Å². The highest BCUT2D eigenvalue weighted by Crippen LogP contribution is 2.27. The molecule has 128 valence electrons. The number of para-hydroxylation sites is 3. The fourth-order valence-electron chi connectivity index (χ4n) is 3.25. The molecule has 0 N–H and O–H groups in total. The van der Waals surface area contributed by atoms with E-state index in [0.29, 0.717) is 0 Å². The molecular weight excluding hydrogens is 318 g/mol. The van der Waals surface area contributed by atoms with Gasteiger partial charge < -0.3 is 4.57 Å². The molecule has 0 fully saturated rings. The summed E-state index contributed by atoms with van der Waals surface area (Å²) in [5, 5.41) is 8.05. The Hall–Kier alpha value is -3.33. The van der Waals surface area contributed by atoms with Crippen molar-refractivity contribution >= 4 is 28.5 Å². The van der Waals surface area contributed by atoms with Gasteiger partial charge in [-0.2, -0.15) is 5.10 Å². The van der Waals surface area contributed by atoms with Gasteiger partial charge in [0.25, 0.3) is 0 Å². The second-order valence-electron chi connectivity index (χ2n) is 6.30. The molecule has 4 aromatic rings. The standard InChI is InChI=1S/C23H21N3/c1-18-22(21-15-9-10-16-23(21)25(18)2)17-24-26(19-11-5-3-6-12-19)20-13-7-4-8-14-20/h3-17H,1-2H3/b24-17-. The predicted octanol–water partition coefficient (Wildman–Crippen LogP) is 5.66. The number of hydrogen-bond donors (Lipinski definition) is 0. The van der Waals surface area contributed by atoms with Crippen molar-refractivity contribution in [3.8, 4) is 0 Å². The van der Waals surface area contributed by atoms with E-state index in [1.54, 1.807) is 0 Å². The molecule has 0 aliphatic heterocycles. The van der Waals surface area contributed by atoms with Gasteiger partial charge in [-0.3, -0.25) is 0 Å². The molecule has 0 radical (unpaired) electrons. The highest BCUT2D eigenvalue weighted by atomic mass is 15.5. The zero-order valence-corrected chi connectivity index (χ0v) is 15.0. The maximum atomic E-state index is 4.85. The minimum atomic E-state index is 1.04. The summed E-state index contributed by atoms with van der Waals surface area (Å²) in [6.07, 6.45) is 1.97. The number of fused-ring (bicyclic) bond motifs is 1. The summed E-state index contributed by atoms with van der Waals surface area (Å²) in [7, 11) is 2.10. The van der Waals surface area contributed by atoms with Gasteiger partial charge in [-0.1, -0.05) is 54.6 Å². The number of nitrogens with zero attached hydrogens (tertiary/aromatic N) is 3. The molecule has 0 unspecified atom stereocenters. The van der Waals surface area contributed by atoms with E-state index in [-0.39, 0.29) is 0 Å². The highest BCUT2D eigenvalue weighted by Gasteiger charge is 2.11. The van der Waals surface area contributed by atoms with Crippen LogP contribution in [0.25, 0.3) is 10.9 Å². The van der Waals surface area contributed by atoms with Crippen LogP contribution in [0.15, 0.2) is 90.0 Å². The lowest BCUT2D eigenvalue weighted by molar-refractivity contribution is 0.916. The van der Waals surface area contributed by atoms with Crippen molar-refractivity contribution in [3.05, 3.63) is 96.2 Å². The van der Waals surface area contributed by atoms with Crippen LogP contribution in [0.5, 0.6) is 0 Å². The van der Waals surface area contributed by atoms with Crippen molar-refractivity contribution in [2.45, 2.75) is 6.92 Å². The molecule has 3 heteroatoms. The first-order valence-corrected chi connectivity index (χ1v) is 8.74. The third-order valence-electron chi connectivity index (χ3n) is 4.75. The molecule has 1 heterocycles. The van der Waals surface area contributed by atoms with Gasteiger partial charge in [-0.05, 0) is 37.3 Å². The lowest BCUT2D eigenvalue weighted by Gasteiger charge is -2.19. The van der Waals surface area contributed by atoms with Crippen molar-refractivity contribution in [2.75, 3.05) is 5.01 Å². The molecule has 26 heavy (non-hydrogen) atoms. The van der Waals surface area contributed by atoms with Gasteiger partial charge in [0.15, 0.2) is 0 Å². The summed E-state index contributed by atoms with van der Waals surface area (Å²) in [5.74, 6) is 0. The van der Waals surface area contributed by atoms with Crippen molar-refractivity contribution < 1.29 is 0 Å². The lowest BCUT2D eigenvalue weighted by atomic mass is 10.1. The van der Waals surface area contributed by atoms with Crippen LogP contribution in [0.1, 0.15) is 11.3 Å². The average molecular weight is 339 g/mol. The summed E-state index contributed by atoms with van der Waals surface area (Å²) in [4.78, 5) is 0. The maximum Gasteiger partial charge on any atom is 0.0652 e. The van der Waals surface area contributed by atoms with E-state index in [1.807, 2.05) is 47.6 Å². The summed E-state index contributed by atoms with van der Waals surface area (Å²) in [6.45, 7) is 2.14. The summed E-state index contributed by atoms with van der Waals surface area (Å²) >= 11 is 0. The summed E-state index contributed by atoms with van der Waals surface area (Å²) < 4.78 is 2.21. The number of aryl methyl sites for hydroxylation is 1. The minimum absolute atomic E-state index is 1.04. The van der Waals surface area contributed by atoms with Gasteiger partial charge in [0.1, 0.15) is 0 Å². The van der Waals surface area contributed by atoms with Crippen molar-refractivity contribution in [1.82, 2.24) is 4.57 Å². The van der Waals surface area contributed by atoms with Crippen LogP contribution in [-0.4, -0.2) is 10.8 Å².